The molecule has 0 bridgehead atoms. The molecule has 0 aliphatic carbocycles. The van der Waals surface area contributed by atoms with Gasteiger partial charge in [-0.25, -0.2) is 4.39 Å². The molecule has 100 valence electrons. The highest BCUT2D eigenvalue weighted by Crippen LogP contribution is 2.25. The van der Waals surface area contributed by atoms with E-state index in [9.17, 15) is 9.18 Å². The van der Waals surface area contributed by atoms with Gasteiger partial charge in [-0.15, -0.1) is 0 Å². The third-order valence-electron chi connectivity index (χ3n) is 2.87. The molecule has 2 N–H and O–H groups in total. The van der Waals surface area contributed by atoms with Crippen molar-refractivity contribution in [3.8, 4) is 0 Å². The molecule has 6 heteroatoms. The SMILES string of the molecule is Cc1cc(F)c(Br)cc1NC(=O)c1c(C)n[nH]c1C. The van der Waals surface area contributed by atoms with E-state index in [0.29, 0.717) is 32.7 Å². The number of aryl methyl sites for hydroxylation is 3. The molecular weight excluding hydrogens is 313 g/mol. The van der Waals surface area contributed by atoms with Crippen LogP contribution in [0.1, 0.15) is 27.3 Å². The number of aromatic amines is 1. The van der Waals surface area contributed by atoms with E-state index in [0.717, 1.165) is 0 Å². The second-order valence-electron chi connectivity index (χ2n) is 4.34. The fourth-order valence-electron chi connectivity index (χ4n) is 1.85. The van der Waals surface area contributed by atoms with Gasteiger partial charge in [0.2, 0.25) is 0 Å². The predicted molar refractivity (Wildman–Crippen MR) is 74.9 cm³/mol. The van der Waals surface area contributed by atoms with Crippen LogP contribution < -0.4 is 5.32 Å². The number of H-pyrrole nitrogens is 1. The lowest BCUT2D eigenvalue weighted by molar-refractivity contribution is 0.102. The first-order valence-corrected chi connectivity index (χ1v) is 6.48. The van der Waals surface area contributed by atoms with E-state index >= 15 is 0 Å². The zero-order valence-electron chi connectivity index (χ0n) is 10.8. The second-order valence-corrected chi connectivity index (χ2v) is 5.20. The summed E-state index contributed by atoms with van der Waals surface area (Å²) >= 11 is 3.10. The van der Waals surface area contributed by atoms with Crippen molar-refractivity contribution in [3.05, 3.63) is 44.9 Å². The Morgan fingerprint density at radius 1 is 1.37 bits per heavy atom. The van der Waals surface area contributed by atoms with Crippen molar-refractivity contribution in [1.29, 1.82) is 0 Å². The molecule has 0 spiro atoms. The highest BCUT2D eigenvalue weighted by molar-refractivity contribution is 9.10. The number of carbonyl (C=O) groups excluding carboxylic acids is 1. The summed E-state index contributed by atoms with van der Waals surface area (Å²) in [5.74, 6) is -0.614. The van der Waals surface area contributed by atoms with Crippen LogP contribution in [0.15, 0.2) is 16.6 Å². The molecule has 2 aromatic rings. The maximum Gasteiger partial charge on any atom is 0.259 e. The van der Waals surface area contributed by atoms with Crippen LogP contribution in [-0.2, 0) is 0 Å². The van der Waals surface area contributed by atoms with Gasteiger partial charge in [0.15, 0.2) is 0 Å². The van der Waals surface area contributed by atoms with Crippen LogP contribution in [0.5, 0.6) is 0 Å². The smallest absolute Gasteiger partial charge is 0.259 e. The highest BCUT2D eigenvalue weighted by atomic mass is 79.9. The minimum absolute atomic E-state index is 0.259. The Labute approximate surface area is 118 Å². The number of carbonyl (C=O) groups is 1. The van der Waals surface area contributed by atoms with E-state index in [1.807, 2.05) is 0 Å². The van der Waals surface area contributed by atoms with Crippen LogP contribution >= 0.6 is 15.9 Å². The van der Waals surface area contributed by atoms with E-state index in [1.54, 1.807) is 26.8 Å². The molecule has 1 aromatic carbocycles. The minimum Gasteiger partial charge on any atom is -0.322 e. The van der Waals surface area contributed by atoms with Gasteiger partial charge in [0.1, 0.15) is 5.82 Å². The average molecular weight is 326 g/mol. The number of amides is 1. The normalized spacial score (nSPS) is 10.6. The van der Waals surface area contributed by atoms with Gasteiger partial charge < -0.3 is 5.32 Å². The van der Waals surface area contributed by atoms with Crippen LogP contribution in [0.25, 0.3) is 0 Å². The largest absolute Gasteiger partial charge is 0.322 e. The molecule has 0 saturated heterocycles. The molecule has 1 aromatic heterocycles. The monoisotopic (exact) mass is 325 g/mol. The van der Waals surface area contributed by atoms with Crippen molar-refractivity contribution in [3.63, 3.8) is 0 Å². The molecule has 0 atom stereocenters. The lowest BCUT2D eigenvalue weighted by Crippen LogP contribution is -2.14. The summed E-state index contributed by atoms with van der Waals surface area (Å²) in [6, 6.07) is 2.92. The van der Waals surface area contributed by atoms with Crippen molar-refractivity contribution < 1.29 is 9.18 Å². The number of nitrogens with zero attached hydrogens (tertiary/aromatic N) is 1. The van der Waals surface area contributed by atoms with E-state index in [4.69, 9.17) is 0 Å². The van der Waals surface area contributed by atoms with E-state index in [2.05, 4.69) is 31.4 Å². The molecule has 4 nitrogen and oxygen atoms in total. The number of nitrogens with one attached hydrogen (secondary N) is 2. The Morgan fingerprint density at radius 3 is 2.63 bits per heavy atom. The average Bonchev–Trinajstić information content (AvgIpc) is 2.66. The molecule has 0 radical (unpaired) electrons. The summed E-state index contributed by atoms with van der Waals surface area (Å²) in [6.45, 7) is 5.27. The van der Waals surface area contributed by atoms with Crippen LogP contribution in [0.4, 0.5) is 10.1 Å². The van der Waals surface area contributed by atoms with Gasteiger partial charge in [-0.05, 0) is 54.4 Å². The Balaban J connectivity index is 2.32. The number of hydrogen-bond acceptors (Lipinski definition) is 2. The number of rotatable bonds is 2. The van der Waals surface area contributed by atoms with E-state index in [1.165, 1.54) is 6.07 Å². The minimum atomic E-state index is -0.355. The maximum absolute atomic E-state index is 13.3. The molecule has 0 fully saturated rings. The zero-order chi connectivity index (χ0) is 14.2. The summed E-state index contributed by atoms with van der Waals surface area (Å²) < 4.78 is 13.6. The predicted octanol–water partition coefficient (Wildman–Crippen LogP) is 3.49. The highest BCUT2D eigenvalue weighted by Gasteiger charge is 2.16. The number of aromatic nitrogens is 2. The molecular formula is C13H13BrFN3O. The summed E-state index contributed by atoms with van der Waals surface area (Å²) in [6.07, 6.45) is 0. The number of benzene rings is 1. The standard InChI is InChI=1S/C13H13BrFN3O/c1-6-4-10(15)9(14)5-11(6)16-13(19)12-7(2)17-18-8(12)3/h4-5H,1-3H3,(H,16,19)(H,17,18). The fourth-order valence-corrected chi connectivity index (χ4v) is 2.19. The first kappa shape index (κ1) is 13.7. The van der Waals surface area contributed by atoms with Gasteiger partial charge in [0, 0.05) is 11.4 Å². The van der Waals surface area contributed by atoms with Crippen LogP contribution in [0.3, 0.4) is 0 Å². The van der Waals surface area contributed by atoms with Crippen molar-refractivity contribution in [1.82, 2.24) is 10.2 Å². The number of anilines is 1. The van der Waals surface area contributed by atoms with E-state index in [-0.39, 0.29) is 11.7 Å². The third-order valence-corrected chi connectivity index (χ3v) is 3.48. The summed E-state index contributed by atoms with van der Waals surface area (Å²) in [4.78, 5) is 12.2. The summed E-state index contributed by atoms with van der Waals surface area (Å²) in [5, 5.41) is 9.50. The molecule has 0 unspecified atom stereocenters. The third kappa shape index (κ3) is 2.68. The van der Waals surface area contributed by atoms with Crippen molar-refractivity contribution in [2.45, 2.75) is 20.8 Å². The van der Waals surface area contributed by atoms with Crippen molar-refractivity contribution in [2.24, 2.45) is 0 Å². The topological polar surface area (TPSA) is 57.8 Å². The molecule has 2 rings (SSSR count). The van der Waals surface area contributed by atoms with Crippen LogP contribution in [0, 0.1) is 26.6 Å². The zero-order valence-corrected chi connectivity index (χ0v) is 12.4. The van der Waals surface area contributed by atoms with Gasteiger partial charge in [-0.2, -0.15) is 5.10 Å². The lowest BCUT2D eigenvalue weighted by atomic mass is 10.1. The summed E-state index contributed by atoms with van der Waals surface area (Å²) in [7, 11) is 0. The van der Waals surface area contributed by atoms with Crippen molar-refractivity contribution >= 4 is 27.5 Å². The molecule has 0 aliphatic rings. The quantitative estimate of drug-likeness (QED) is 0.887. The Morgan fingerprint density at radius 2 is 2.05 bits per heavy atom. The molecule has 0 saturated carbocycles. The van der Waals surface area contributed by atoms with Gasteiger partial charge in [-0.1, -0.05) is 0 Å². The summed E-state index contributed by atoms with van der Waals surface area (Å²) in [5.41, 5.74) is 3.08. The van der Waals surface area contributed by atoms with Crippen LogP contribution in [0.2, 0.25) is 0 Å². The van der Waals surface area contributed by atoms with Gasteiger partial charge in [-0.3, -0.25) is 9.89 Å². The van der Waals surface area contributed by atoms with Crippen LogP contribution in [-0.4, -0.2) is 16.1 Å². The Hall–Kier alpha value is -1.69. The number of halogens is 2. The van der Waals surface area contributed by atoms with Gasteiger partial charge >= 0.3 is 0 Å². The first-order chi connectivity index (χ1) is 8.90. The second kappa shape index (κ2) is 5.13. The Kier molecular flexibility index (Phi) is 3.71. The molecule has 1 heterocycles. The molecule has 1 amide bonds. The van der Waals surface area contributed by atoms with Crippen molar-refractivity contribution in [2.75, 3.05) is 5.32 Å². The fraction of sp³-hybridized carbons (Fsp3) is 0.231. The van der Waals surface area contributed by atoms with E-state index < -0.39 is 0 Å². The molecule has 19 heavy (non-hydrogen) atoms. The first-order valence-electron chi connectivity index (χ1n) is 5.68. The number of hydrogen-bond donors (Lipinski definition) is 2. The van der Waals surface area contributed by atoms with Gasteiger partial charge in [0.25, 0.3) is 5.91 Å². The molecule has 0 aliphatic heterocycles. The Bertz CT molecular complexity index is 632. The van der Waals surface area contributed by atoms with Gasteiger partial charge in [0.05, 0.1) is 15.7 Å². The maximum atomic E-state index is 13.3. The lowest BCUT2D eigenvalue weighted by Gasteiger charge is -2.09.